The molecule has 1 amide bonds. The van der Waals surface area contributed by atoms with Crippen molar-refractivity contribution < 1.29 is 9.18 Å². The first-order valence-corrected chi connectivity index (χ1v) is 7.05. The number of carbonyl (C=O) groups excluding carboxylic acids is 1. The van der Waals surface area contributed by atoms with Crippen molar-refractivity contribution in [2.45, 2.75) is 12.5 Å². The van der Waals surface area contributed by atoms with Crippen molar-refractivity contribution >= 4 is 35.0 Å². The first-order chi connectivity index (χ1) is 10.5. The quantitative estimate of drug-likeness (QED) is 0.845. The molecule has 0 bridgehead atoms. The van der Waals surface area contributed by atoms with Gasteiger partial charge in [-0.3, -0.25) is 4.79 Å². The van der Waals surface area contributed by atoms with Crippen molar-refractivity contribution in [3.8, 4) is 0 Å². The second-order valence-electron chi connectivity index (χ2n) is 4.86. The number of rotatable bonds is 3. The van der Waals surface area contributed by atoms with Gasteiger partial charge in [-0.25, -0.2) is 9.37 Å². The highest BCUT2D eigenvalue weighted by atomic mass is 35.5. The molecule has 8 heteroatoms. The van der Waals surface area contributed by atoms with E-state index in [2.05, 4.69) is 15.3 Å². The Morgan fingerprint density at radius 3 is 2.86 bits per heavy atom. The molecule has 0 radical (unpaired) electrons. The van der Waals surface area contributed by atoms with Crippen molar-refractivity contribution in [1.29, 1.82) is 0 Å². The average Bonchev–Trinajstić information content (AvgIpc) is 2.80. The van der Waals surface area contributed by atoms with Gasteiger partial charge in [-0.15, -0.1) is 0 Å². The van der Waals surface area contributed by atoms with Gasteiger partial charge in [-0.05, 0) is 18.6 Å². The largest absolute Gasteiger partial charge is 0.368 e. The lowest BCUT2D eigenvalue weighted by molar-refractivity contribution is -0.117. The molecule has 3 N–H and O–H groups in total. The number of para-hydroxylation sites is 1. The normalized spacial score (nSPS) is 17.8. The first kappa shape index (κ1) is 14.5. The Bertz CT molecular complexity index is 706. The van der Waals surface area contributed by atoms with Crippen LogP contribution in [-0.2, 0) is 4.79 Å². The van der Waals surface area contributed by atoms with Gasteiger partial charge in [0.25, 0.3) is 0 Å². The fourth-order valence-electron chi connectivity index (χ4n) is 2.41. The molecular formula is C14H13ClFN5O. The number of nitrogens with zero attached hydrogens (tertiary/aromatic N) is 3. The number of carbonyl (C=O) groups is 1. The minimum Gasteiger partial charge on any atom is -0.368 e. The number of nitrogens with two attached hydrogens (primary N) is 1. The fraction of sp³-hybridized carbons (Fsp3) is 0.214. The molecule has 0 saturated carbocycles. The predicted molar refractivity (Wildman–Crippen MR) is 82.2 cm³/mol. The van der Waals surface area contributed by atoms with Crippen LogP contribution in [-0.4, -0.2) is 28.5 Å². The predicted octanol–water partition coefficient (Wildman–Crippen LogP) is 2.07. The van der Waals surface area contributed by atoms with Gasteiger partial charge < -0.3 is 16.0 Å². The summed E-state index contributed by atoms with van der Waals surface area (Å²) in [7, 11) is 0. The van der Waals surface area contributed by atoms with Crippen molar-refractivity contribution in [2.75, 3.05) is 22.5 Å². The van der Waals surface area contributed by atoms with E-state index in [0.29, 0.717) is 18.8 Å². The Labute approximate surface area is 131 Å². The van der Waals surface area contributed by atoms with Crippen LogP contribution in [0.15, 0.2) is 30.3 Å². The second-order valence-corrected chi connectivity index (χ2v) is 5.25. The van der Waals surface area contributed by atoms with E-state index in [-0.39, 0.29) is 22.7 Å². The summed E-state index contributed by atoms with van der Waals surface area (Å²) >= 11 is 5.80. The van der Waals surface area contributed by atoms with Gasteiger partial charge in [0.2, 0.25) is 11.9 Å². The molecule has 1 aliphatic heterocycles. The molecule has 1 aliphatic rings. The zero-order valence-electron chi connectivity index (χ0n) is 11.5. The molecule has 2 aromatic rings. The van der Waals surface area contributed by atoms with E-state index < -0.39 is 11.9 Å². The molecular weight excluding hydrogens is 309 g/mol. The molecule has 1 unspecified atom stereocenters. The van der Waals surface area contributed by atoms with Gasteiger partial charge in [0.05, 0.1) is 5.69 Å². The summed E-state index contributed by atoms with van der Waals surface area (Å²) in [6, 6.07) is 7.16. The first-order valence-electron chi connectivity index (χ1n) is 6.67. The summed E-state index contributed by atoms with van der Waals surface area (Å²) in [5.41, 5.74) is 5.79. The number of aromatic nitrogens is 2. The number of benzene rings is 1. The Morgan fingerprint density at radius 1 is 1.36 bits per heavy atom. The Kier molecular flexibility index (Phi) is 3.81. The van der Waals surface area contributed by atoms with Gasteiger partial charge in [0.15, 0.2) is 0 Å². The van der Waals surface area contributed by atoms with Crippen LogP contribution in [0.4, 0.5) is 21.8 Å². The molecule has 22 heavy (non-hydrogen) atoms. The van der Waals surface area contributed by atoms with Gasteiger partial charge in [0.1, 0.15) is 22.8 Å². The van der Waals surface area contributed by atoms with Gasteiger partial charge >= 0.3 is 0 Å². The van der Waals surface area contributed by atoms with Crippen LogP contribution in [0.2, 0.25) is 5.15 Å². The molecule has 2 heterocycles. The minimum absolute atomic E-state index is 0.0198. The molecule has 1 saturated heterocycles. The lowest BCUT2D eigenvalue weighted by atomic mass is 10.2. The molecule has 1 aromatic heterocycles. The lowest BCUT2D eigenvalue weighted by Crippen LogP contribution is -2.34. The Hall–Kier alpha value is -2.41. The molecule has 1 fully saturated rings. The topological polar surface area (TPSA) is 84.1 Å². The minimum atomic E-state index is -0.509. The summed E-state index contributed by atoms with van der Waals surface area (Å²) in [5, 5.41) is 3.15. The van der Waals surface area contributed by atoms with Crippen LogP contribution in [0.25, 0.3) is 0 Å². The SMILES string of the molecule is Nc1nc(Cl)cc(NC2CCN(c3ccccc3F)C2=O)n1. The third-order valence-electron chi connectivity index (χ3n) is 3.38. The maximum Gasteiger partial charge on any atom is 0.249 e. The van der Waals surface area contributed by atoms with Crippen LogP contribution in [0.3, 0.4) is 0 Å². The monoisotopic (exact) mass is 321 g/mol. The van der Waals surface area contributed by atoms with E-state index in [9.17, 15) is 9.18 Å². The average molecular weight is 322 g/mol. The van der Waals surface area contributed by atoms with E-state index in [1.165, 1.54) is 17.0 Å². The summed E-state index contributed by atoms with van der Waals surface area (Å²) < 4.78 is 13.8. The zero-order chi connectivity index (χ0) is 15.7. The molecule has 0 spiro atoms. The smallest absolute Gasteiger partial charge is 0.249 e. The van der Waals surface area contributed by atoms with Crippen LogP contribution in [0.1, 0.15) is 6.42 Å². The number of nitrogens with one attached hydrogen (secondary N) is 1. The van der Waals surface area contributed by atoms with E-state index in [1.807, 2.05) is 0 Å². The van der Waals surface area contributed by atoms with Crippen molar-refractivity contribution in [3.05, 3.63) is 41.3 Å². The van der Waals surface area contributed by atoms with Crippen LogP contribution in [0, 0.1) is 5.82 Å². The van der Waals surface area contributed by atoms with Gasteiger partial charge in [0, 0.05) is 12.6 Å². The molecule has 6 nitrogen and oxygen atoms in total. The number of halogens is 2. The van der Waals surface area contributed by atoms with Crippen molar-refractivity contribution in [3.63, 3.8) is 0 Å². The maximum absolute atomic E-state index is 13.8. The standard InChI is InChI=1S/C14H13ClFN5O/c15-11-7-12(20-14(17)19-11)18-9-5-6-21(13(9)22)10-4-2-1-3-8(10)16/h1-4,7,9H,5-6H2,(H3,17,18,19,20). The summed E-state index contributed by atoms with van der Waals surface area (Å²) in [4.78, 5) is 21.6. The zero-order valence-corrected chi connectivity index (χ0v) is 12.2. The summed E-state index contributed by atoms with van der Waals surface area (Å²) in [5.74, 6) is -0.262. The number of amides is 1. The van der Waals surface area contributed by atoms with Crippen LogP contribution < -0.4 is 16.0 Å². The van der Waals surface area contributed by atoms with E-state index >= 15 is 0 Å². The lowest BCUT2D eigenvalue weighted by Gasteiger charge is -2.18. The molecule has 1 aromatic carbocycles. The van der Waals surface area contributed by atoms with Crippen LogP contribution >= 0.6 is 11.6 Å². The van der Waals surface area contributed by atoms with Crippen molar-refractivity contribution in [1.82, 2.24) is 9.97 Å². The molecule has 114 valence electrons. The number of hydrogen-bond acceptors (Lipinski definition) is 5. The molecule has 3 rings (SSSR count). The Morgan fingerprint density at radius 2 is 2.14 bits per heavy atom. The highest BCUT2D eigenvalue weighted by Gasteiger charge is 2.34. The number of nitrogen functional groups attached to an aromatic ring is 1. The second kappa shape index (κ2) is 5.76. The van der Waals surface area contributed by atoms with E-state index in [1.54, 1.807) is 18.2 Å². The Balaban J connectivity index is 1.78. The van der Waals surface area contributed by atoms with Gasteiger partial charge in [-0.2, -0.15) is 4.98 Å². The van der Waals surface area contributed by atoms with Gasteiger partial charge in [-0.1, -0.05) is 23.7 Å². The van der Waals surface area contributed by atoms with E-state index in [4.69, 9.17) is 17.3 Å². The van der Waals surface area contributed by atoms with Crippen molar-refractivity contribution in [2.24, 2.45) is 0 Å². The highest BCUT2D eigenvalue weighted by molar-refractivity contribution is 6.29. The number of hydrogen-bond donors (Lipinski definition) is 2. The highest BCUT2D eigenvalue weighted by Crippen LogP contribution is 2.26. The summed E-state index contributed by atoms with van der Waals surface area (Å²) in [6.45, 7) is 0.422. The van der Waals surface area contributed by atoms with E-state index in [0.717, 1.165) is 0 Å². The molecule has 1 atom stereocenters. The maximum atomic E-state index is 13.8. The third-order valence-corrected chi connectivity index (χ3v) is 3.58. The van der Waals surface area contributed by atoms with Crippen LogP contribution in [0.5, 0.6) is 0 Å². The third kappa shape index (κ3) is 2.80. The fourth-order valence-corrected chi connectivity index (χ4v) is 2.60. The molecule has 0 aliphatic carbocycles. The summed E-state index contributed by atoms with van der Waals surface area (Å²) in [6.07, 6.45) is 0.523. The number of anilines is 3.